The maximum atomic E-state index is 11.6. The highest BCUT2D eigenvalue weighted by Gasteiger charge is 2.33. The first kappa shape index (κ1) is 12.1. The number of aliphatic hydroxyl groups excluding tert-OH is 2. The predicted molar refractivity (Wildman–Crippen MR) is 53.1 cm³/mol. The van der Waals surface area contributed by atoms with Crippen LogP contribution in [0.15, 0.2) is 0 Å². The van der Waals surface area contributed by atoms with Crippen molar-refractivity contribution in [1.82, 2.24) is 4.90 Å². The van der Waals surface area contributed by atoms with E-state index in [1.165, 1.54) is 4.90 Å². The lowest BCUT2D eigenvalue weighted by atomic mass is 10.2. The number of likely N-dealkylation sites (tertiary alicyclic amines) is 1. The molecular weight excluding hydrogens is 198 g/mol. The summed E-state index contributed by atoms with van der Waals surface area (Å²) in [4.78, 5) is 23.6. The van der Waals surface area contributed by atoms with Crippen molar-refractivity contribution in [2.24, 2.45) is 0 Å². The van der Waals surface area contributed by atoms with Crippen LogP contribution in [0.1, 0.15) is 26.2 Å². The van der Waals surface area contributed by atoms with Crippen molar-refractivity contribution in [1.29, 1.82) is 0 Å². The normalized spacial score (nSPS) is 27.8. The van der Waals surface area contributed by atoms with Gasteiger partial charge in [-0.15, -0.1) is 0 Å². The Morgan fingerprint density at radius 2 is 2.33 bits per heavy atom. The number of hydrogen-bond acceptors (Lipinski definition) is 4. The molecule has 0 aromatic heterocycles. The third-order valence-electron chi connectivity index (χ3n) is 2.57. The summed E-state index contributed by atoms with van der Waals surface area (Å²) >= 11 is 0. The van der Waals surface area contributed by atoms with E-state index >= 15 is 0 Å². The Morgan fingerprint density at radius 3 is 2.87 bits per heavy atom. The standard InChI is InChI=1S/C10H17NO4/c1-7(13)2-3-10(15)11-5-9(14)4-8(11)6-12/h6-9,13-14H,2-5H2,1H3. The van der Waals surface area contributed by atoms with Crippen molar-refractivity contribution in [2.75, 3.05) is 6.54 Å². The summed E-state index contributed by atoms with van der Waals surface area (Å²) in [7, 11) is 0. The average molecular weight is 215 g/mol. The molecule has 1 aliphatic rings. The van der Waals surface area contributed by atoms with Crippen molar-refractivity contribution in [3.63, 3.8) is 0 Å². The van der Waals surface area contributed by atoms with Crippen LogP contribution in [0.5, 0.6) is 0 Å². The molecule has 3 unspecified atom stereocenters. The first-order chi connectivity index (χ1) is 7.04. The molecule has 1 amide bonds. The number of rotatable bonds is 4. The van der Waals surface area contributed by atoms with E-state index in [0.717, 1.165) is 0 Å². The number of amides is 1. The number of β-amino-alcohol motifs (C(OH)–C–C–N with tert-alkyl or cyclic N) is 1. The van der Waals surface area contributed by atoms with E-state index in [0.29, 0.717) is 19.1 Å². The molecule has 15 heavy (non-hydrogen) atoms. The lowest BCUT2D eigenvalue weighted by molar-refractivity contribution is -0.135. The predicted octanol–water partition coefficient (Wildman–Crippen LogP) is -0.692. The summed E-state index contributed by atoms with van der Waals surface area (Å²) in [5.74, 6) is -0.176. The molecular formula is C10H17NO4. The number of carbonyl (C=O) groups excluding carboxylic acids is 2. The second-order valence-corrected chi connectivity index (χ2v) is 4.03. The van der Waals surface area contributed by atoms with E-state index < -0.39 is 18.2 Å². The van der Waals surface area contributed by atoms with Gasteiger partial charge in [-0.3, -0.25) is 4.79 Å². The molecule has 86 valence electrons. The van der Waals surface area contributed by atoms with Crippen LogP contribution in [0.3, 0.4) is 0 Å². The molecule has 0 saturated carbocycles. The minimum atomic E-state index is -0.601. The van der Waals surface area contributed by atoms with Gasteiger partial charge in [0.15, 0.2) is 0 Å². The fourth-order valence-corrected chi connectivity index (χ4v) is 1.73. The molecule has 0 spiro atoms. The van der Waals surface area contributed by atoms with Crippen LogP contribution in [-0.2, 0) is 9.59 Å². The molecule has 3 atom stereocenters. The van der Waals surface area contributed by atoms with Crippen LogP contribution in [0.25, 0.3) is 0 Å². The fraction of sp³-hybridized carbons (Fsp3) is 0.800. The monoisotopic (exact) mass is 215 g/mol. The van der Waals surface area contributed by atoms with Gasteiger partial charge < -0.3 is 19.9 Å². The Kier molecular flexibility index (Phi) is 4.23. The molecule has 5 heteroatoms. The zero-order valence-corrected chi connectivity index (χ0v) is 8.80. The SMILES string of the molecule is CC(O)CCC(=O)N1CC(O)CC1C=O. The Hall–Kier alpha value is -0.940. The zero-order chi connectivity index (χ0) is 11.4. The highest BCUT2D eigenvalue weighted by Crippen LogP contribution is 2.17. The summed E-state index contributed by atoms with van der Waals surface area (Å²) in [6.07, 6.45) is 0.499. The molecule has 1 fully saturated rings. The first-order valence-corrected chi connectivity index (χ1v) is 5.15. The number of aliphatic hydroxyl groups is 2. The molecule has 0 radical (unpaired) electrons. The van der Waals surface area contributed by atoms with Crippen LogP contribution in [0.2, 0.25) is 0 Å². The molecule has 1 saturated heterocycles. The first-order valence-electron chi connectivity index (χ1n) is 5.15. The molecule has 2 N–H and O–H groups in total. The number of aldehydes is 1. The average Bonchev–Trinajstić information content (AvgIpc) is 2.56. The second-order valence-electron chi connectivity index (χ2n) is 4.03. The van der Waals surface area contributed by atoms with Crippen LogP contribution >= 0.6 is 0 Å². The van der Waals surface area contributed by atoms with Gasteiger partial charge in [-0.2, -0.15) is 0 Å². The fourth-order valence-electron chi connectivity index (χ4n) is 1.73. The zero-order valence-electron chi connectivity index (χ0n) is 8.80. The van der Waals surface area contributed by atoms with Crippen LogP contribution in [0.4, 0.5) is 0 Å². The Labute approximate surface area is 88.7 Å². The van der Waals surface area contributed by atoms with Gasteiger partial charge in [0.05, 0.1) is 18.2 Å². The molecule has 1 rings (SSSR count). The number of carbonyl (C=O) groups is 2. The van der Waals surface area contributed by atoms with Crippen LogP contribution in [-0.4, -0.2) is 52.1 Å². The van der Waals surface area contributed by atoms with Gasteiger partial charge in [-0.1, -0.05) is 0 Å². The summed E-state index contributed by atoms with van der Waals surface area (Å²) < 4.78 is 0. The molecule has 1 aliphatic heterocycles. The summed E-state index contributed by atoms with van der Waals surface area (Å²) in [5.41, 5.74) is 0. The van der Waals surface area contributed by atoms with Crippen LogP contribution < -0.4 is 0 Å². The van der Waals surface area contributed by atoms with E-state index in [9.17, 15) is 14.7 Å². The third kappa shape index (κ3) is 3.28. The van der Waals surface area contributed by atoms with E-state index in [-0.39, 0.29) is 18.9 Å². The largest absolute Gasteiger partial charge is 0.393 e. The molecule has 1 heterocycles. The molecule has 0 aromatic carbocycles. The summed E-state index contributed by atoms with van der Waals surface area (Å²) in [6.45, 7) is 1.84. The van der Waals surface area contributed by atoms with Crippen LogP contribution in [0, 0.1) is 0 Å². The van der Waals surface area contributed by atoms with Gasteiger partial charge in [0.1, 0.15) is 6.29 Å². The third-order valence-corrected chi connectivity index (χ3v) is 2.57. The molecule has 0 aromatic rings. The lowest BCUT2D eigenvalue weighted by Crippen LogP contribution is -2.37. The molecule has 0 bridgehead atoms. The quantitative estimate of drug-likeness (QED) is 0.608. The van der Waals surface area contributed by atoms with Gasteiger partial charge >= 0.3 is 0 Å². The van der Waals surface area contributed by atoms with E-state index in [4.69, 9.17) is 5.11 Å². The second kappa shape index (κ2) is 5.23. The van der Waals surface area contributed by atoms with Gasteiger partial charge in [-0.25, -0.2) is 0 Å². The number of hydrogen-bond donors (Lipinski definition) is 2. The van der Waals surface area contributed by atoms with Crippen molar-refractivity contribution in [3.05, 3.63) is 0 Å². The maximum absolute atomic E-state index is 11.6. The highest BCUT2D eigenvalue weighted by atomic mass is 16.3. The lowest BCUT2D eigenvalue weighted by Gasteiger charge is -2.20. The number of nitrogens with zero attached hydrogens (tertiary/aromatic N) is 1. The summed E-state index contributed by atoms with van der Waals surface area (Å²) in [6, 6.07) is -0.499. The minimum absolute atomic E-state index is 0.176. The highest BCUT2D eigenvalue weighted by molar-refractivity contribution is 5.80. The van der Waals surface area contributed by atoms with Gasteiger partial charge in [0.25, 0.3) is 0 Å². The van der Waals surface area contributed by atoms with Crippen molar-refractivity contribution >= 4 is 12.2 Å². The Bertz CT molecular complexity index is 242. The van der Waals surface area contributed by atoms with E-state index in [2.05, 4.69) is 0 Å². The summed E-state index contributed by atoms with van der Waals surface area (Å²) in [5, 5.41) is 18.4. The van der Waals surface area contributed by atoms with Gasteiger partial charge in [0.2, 0.25) is 5.91 Å². The Balaban J connectivity index is 2.47. The van der Waals surface area contributed by atoms with Crippen molar-refractivity contribution in [3.8, 4) is 0 Å². The van der Waals surface area contributed by atoms with Crippen molar-refractivity contribution < 1.29 is 19.8 Å². The van der Waals surface area contributed by atoms with Gasteiger partial charge in [0, 0.05) is 19.4 Å². The molecule has 0 aliphatic carbocycles. The maximum Gasteiger partial charge on any atom is 0.223 e. The van der Waals surface area contributed by atoms with Gasteiger partial charge in [-0.05, 0) is 13.3 Å². The smallest absolute Gasteiger partial charge is 0.223 e. The van der Waals surface area contributed by atoms with E-state index in [1.807, 2.05) is 0 Å². The van der Waals surface area contributed by atoms with E-state index in [1.54, 1.807) is 6.92 Å². The van der Waals surface area contributed by atoms with Crippen molar-refractivity contribution in [2.45, 2.75) is 44.4 Å². The Morgan fingerprint density at radius 1 is 1.67 bits per heavy atom. The minimum Gasteiger partial charge on any atom is -0.393 e. The molecule has 5 nitrogen and oxygen atoms in total. The topological polar surface area (TPSA) is 77.8 Å².